The molecule has 1 aliphatic rings. The lowest BCUT2D eigenvalue weighted by molar-refractivity contribution is 0.863. The van der Waals surface area contributed by atoms with Crippen molar-refractivity contribution >= 4 is 16.6 Å². The van der Waals surface area contributed by atoms with Crippen molar-refractivity contribution in [1.29, 1.82) is 0 Å². The van der Waals surface area contributed by atoms with Gasteiger partial charge in [0.15, 0.2) is 0 Å². The van der Waals surface area contributed by atoms with Gasteiger partial charge in [0.2, 0.25) is 0 Å². The van der Waals surface area contributed by atoms with Crippen LogP contribution in [-0.2, 0) is 0 Å². The van der Waals surface area contributed by atoms with Gasteiger partial charge in [0.1, 0.15) is 5.82 Å². The SMILES string of the molecule is Cc1ccnc(C2CC2c2nc3cccc(C)c3c(NN)c2C)n1. The maximum atomic E-state index is 5.84. The number of nitrogens with one attached hydrogen (secondary N) is 1. The fourth-order valence-corrected chi connectivity index (χ4v) is 3.57. The van der Waals surface area contributed by atoms with E-state index in [1.54, 1.807) is 0 Å². The van der Waals surface area contributed by atoms with E-state index < -0.39 is 0 Å². The van der Waals surface area contributed by atoms with Gasteiger partial charge >= 0.3 is 0 Å². The Hall–Kier alpha value is -2.53. The highest BCUT2D eigenvalue weighted by Gasteiger charge is 2.44. The van der Waals surface area contributed by atoms with Gasteiger partial charge in [-0.1, -0.05) is 12.1 Å². The predicted octanol–water partition coefficient (Wildman–Crippen LogP) is 3.51. The number of aromatic nitrogens is 3. The lowest BCUT2D eigenvalue weighted by Crippen LogP contribution is -2.11. The Labute approximate surface area is 141 Å². The molecule has 1 saturated carbocycles. The summed E-state index contributed by atoms with van der Waals surface area (Å²) in [5, 5.41) is 1.10. The maximum absolute atomic E-state index is 5.84. The van der Waals surface area contributed by atoms with Crippen LogP contribution >= 0.6 is 0 Å². The number of hydrazine groups is 1. The summed E-state index contributed by atoms with van der Waals surface area (Å²) in [5.41, 5.74) is 9.27. The second-order valence-corrected chi connectivity index (χ2v) is 6.62. The monoisotopic (exact) mass is 319 g/mol. The zero-order valence-electron chi connectivity index (χ0n) is 14.2. The van der Waals surface area contributed by atoms with Crippen molar-refractivity contribution < 1.29 is 0 Å². The molecule has 3 aromatic rings. The van der Waals surface area contributed by atoms with Crippen LogP contribution in [-0.4, -0.2) is 15.0 Å². The van der Waals surface area contributed by atoms with Crippen LogP contribution in [0.3, 0.4) is 0 Å². The number of hydrogen-bond acceptors (Lipinski definition) is 5. The second kappa shape index (κ2) is 5.53. The summed E-state index contributed by atoms with van der Waals surface area (Å²) in [5.74, 6) is 7.48. The van der Waals surface area contributed by atoms with E-state index in [0.29, 0.717) is 11.8 Å². The minimum atomic E-state index is 0.351. The summed E-state index contributed by atoms with van der Waals surface area (Å²) in [6.07, 6.45) is 2.88. The number of benzene rings is 1. The molecule has 5 heteroatoms. The third-order valence-electron chi connectivity index (χ3n) is 4.93. The third kappa shape index (κ3) is 2.32. The van der Waals surface area contributed by atoms with Gasteiger partial charge < -0.3 is 5.43 Å². The van der Waals surface area contributed by atoms with E-state index in [9.17, 15) is 0 Å². The van der Waals surface area contributed by atoms with Gasteiger partial charge in [-0.3, -0.25) is 10.8 Å². The largest absolute Gasteiger partial charge is 0.323 e. The summed E-state index contributed by atoms with van der Waals surface area (Å²) in [4.78, 5) is 14.0. The van der Waals surface area contributed by atoms with E-state index >= 15 is 0 Å². The van der Waals surface area contributed by atoms with Gasteiger partial charge in [-0.25, -0.2) is 9.97 Å². The molecule has 2 aromatic heterocycles. The van der Waals surface area contributed by atoms with Crippen LogP contribution in [0.25, 0.3) is 10.9 Å². The van der Waals surface area contributed by atoms with Crippen LogP contribution in [0.1, 0.15) is 46.6 Å². The van der Waals surface area contributed by atoms with E-state index in [-0.39, 0.29) is 0 Å². The van der Waals surface area contributed by atoms with E-state index in [1.165, 1.54) is 5.56 Å². The number of nitrogen functional groups attached to an aromatic ring is 1. The normalized spacial score (nSPS) is 19.5. The molecule has 0 bridgehead atoms. The van der Waals surface area contributed by atoms with E-state index in [4.69, 9.17) is 10.8 Å². The number of hydrogen-bond donors (Lipinski definition) is 2. The van der Waals surface area contributed by atoms with Crippen molar-refractivity contribution in [2.75, 3.05) is 5.43 Å². The topological polar surface area (TPSA) is 76.7 Å². The number of nitrogens with two attached hydrogens (primary N) is 1. The van der Waals surface area contributed by atoms with Crippen molar-refractivity contribution in [3.63, 3.8) is 0 Å². The molecular formula is C19H21N5. The number of nitrogens with zero attached hydrogens (tertiary/aromatic N) is 3. The molecule has 0 saturated heterocycles. The van der Waals surface area contributed by atoms with Crippen LogP contribution in [0.5, 0.6) is 0 Å². The maximum Gasteiger partial charge on any atom is 0.132 e. The summed E-state index contributed by atoms with van der Waals surface area (Å²) in [6, 6.07) is 8.11. The van der Waals surface area contributed by atoms with Gasteiger partial charge in [0, 0.05) is 34.8 Å². The van der Waals surface area contributed by atoms with E-state index in [2.05, 4.69) is 35.3 Å². The molecule has 1 aromatic carbocycles. The minimum absolute atomic E-state index is 0.351. The van der Waals surface area contributed by atoms with Gasteiger partial charge in [-0.2, -0.15) is 0 Å². The summed E-state index contributed by atoms with van der Waals surface area (Å²) >= 11 is 0. The lowest BCUT2D eigenvalue weighted by atomic mass is 10.0. The Morgan fingerprint density at radius 1 is 1.08 bits per heavy atom. The van der Waals surface area contributed by atoms with E-state index in [0.717, 1.165) is 45.8 Å². The molecule has 0 aliphatic heterocycles. The molecule has 24 heavy (non-hydrogen) atoms. The highest BCUT2D eigenvalue weighted by Crippen LogP contribution is 2.54. The van der Waals surface area contributed by atoms with Crippen LogP contribution in [0.2, 0.25) is 0 Å². The Bertz CT molecular complexity index is 934. The van der Waals surface area contributed by atoms with Gasteiger partial charge in [0.25, 0.3) is 0 Å². The molecule has 0 amide bonds. The van der Waals surface area contributed by atoms with Crippen LogP contribution in [0.15, 0.2) is 30.5 Å². The highest BCUT2D eigenvalue weighted by molar-refractivity contribution is 5.95. The number of aryl methyl sites for hydroxylation is 2. The number of anilines is 1. The molecule has 2 atom stereocenters. The number of fused-ring (bicyclic) bond motifs is 1. The summed E-state index contributed by atoms with van der Waals surface area (Å²) < 4.78 is 0. The standard InChI is InChI=1S/C19H21N5/c1-10-5-4-6-15-16(10)18(24-20)12(3)17(23-15)13-9-14(13)19-21-8-7-11(2)22-19/h4-8,13-14H,9,20H2,1-3H3,(H,23,24). The zero-order valence-corrected chi connectivity index (χ0v) is 14.2. The molecule has 2 heterocycles. The molecule has 0 radical (unpaired) electrons. The second-order valence-electron chi connectivity index (χ2n) is 6.62. The third-order valence-corrected chi connectivity index (χ3v) is 4.93. The van der Waals surface area contributed by atoms with Crippen molar-refractivity contribution in [1.82, 2.24) is 15.0 Å². The van der Waals surface area contributed by atoms with Crippen molar-refractivity contribution in [3.8, 4) is 0 Å². The molecule has 0 spiro atoms. The van der Waals surface area contributed by atoms with E-state index in [1.807, 2.05) is 31.3 Å². The Kier molecular flexibility index (Phi) is 3.46. The van der Waals surface area contributed by atoms with Gasteiger partial charge in [0.05, 0.1) is 11.2 Å². The lowest BCUT2D eigenvalue weighted by Gasteiger charge is -2.15. The molecule has 2 unspecified atom stereocenters. The van der Waals surface area contributed by atoms with Crippen LogP contribution in [0.4, 0.5) is 5.69 Å². The summed E-state index contributed by atoms with van der Waals surface area (Å²) in [6.45, 7) is 6.18. The zero-order chi connectivity index (χ0) is 16.8. The number of pyridine rings is 1. The van der Waals surface area contributed by atoms with Gasteiger partial charge in [-0.05, 0) is 50.5 Å². The molecule has 1 aliphatic carbocycles. The van der Waals surface area contributed by atoms with Crippen molar-refractivity contribution in [2.45, 2.75) is 39.0 Å². The summed E-state index contributed by atoms with van der Waals surface area (Å²) in [7, 11) is 0. The Balaban J connectivity index is 1.80. The molecule has 5 nitrogen and oxygen atoms in total. The Morgan fingerprint density at radius 3 is 2.67 bits per heavy atom. The number of rotatable bonds is 3. The molecule has 122 valence electrons. The van der Waals surface area contributed by atoms with Crippen LogP contribution < -0.4 is 11.3 Å². The molecular weight excluding hydrogens is 298 g/mol. The first-order chi connectivity index (χ1) is 11.6. The highest BCUT2D eigenvalue weighted by atomic mass is 15.2. The fraction of sp³-hybridized carbons (Fsp3) is 0.316. The van der Waals surface area contributed by atoms with Crippen LogP contribution in [0, 0.1) is 20.8 Å². The molecule has 4 rings (SSSR count). The first kappa shape index (κ1) is 15.0. The first-order valence-electron chi connectivity index (χ1n) is 8.26. The molecule has 3 N–H and O–H groups in total. The van der Waals surface area contributed by atoms with Crippen molar-refractivity contribution in [2.24, 2.45) is 5.84 Å². The average Bonchev–Trinajstić information content (AvgIpc) is 3.35. The molecule has 1 fully saturated rings. The minimum Gasteiger partial charge on any atom is -0.323 e. The fourth-order valence-electron chi connectivity index (χ4n) is 3.57. The average molecular weight is 319 g/mol. The van der Waals surface area contributed by atoms with Crippen molar-refractivity contribution in [3.05, 3.63) is 58.8 Å². The quantitative estimate of drug-likeness (QED) is 0.570. The first-order valence-corrected chi connectivity index (χ1v) is 8.26. The predicted molar refractivity (Wildman–Crippen MR) is 95.9 cm³/mol. The smallest absolute Gasteiger partial charge is 0.132 e. The van der Waals surface area contributed by atoms with Gasteiger partial charge in [-0.15, -0.1) is 0 Å². The Morgan fingerprint density at radius 2 is 1.92 bits per heavy atom.